The highest BCUT2D eigenvalue weighted by atomic mass is 32.1. The number of hydrogen-bond donors (Lipinski definition) is 2. The van der Waals surface area contributed by atoms with Gasteiger partial charge in [-0.3, -0.25) is 0 Å². The Morgan fingerprint density at radius 1 is 1.60 bits per heavy atom. The Morgan fingerprint density at radius 3 is 2.70 bits per heavy atom. The van der Waals surface area contributed by atoms with Crippen molar-refractivity contribution < 1.29 is 5.21 Å². The molecule has 1 aromatic rings. The Morgan fingerprint density at radius 2 is 2.30 bits per heavy atom. The van der Waals surface area contributed by atoms with E-state index >= 15 is 0 Å². The van der Waals surface area contributed by atoms with E-state index in [1.165, 1.54) is 0 Å². The van der Waals surface area contributed by atoms with E-state index < -0.39 is 0 Å². The smallest absolute Gasteiger partial charge is 0.0900 e. The molecule has 1 rings (SSSR count). The zero-order valence-corrected chi connectivity index (χ0v) is 6.83. The minimum atomic E-state index is 0.497. The molecular weight excluding hydrogens is 148 g/mol. The molecule has 0 bridgehead atoms. The van der Waals surface area contributed by atoms with Gasteiger partial charge in [0.25, 0.3) is 0 Å². The van der Waals surface area contributed by atoms with Crippen LogP contribution in [0.2, 0.25) is 0 Å². The maximum atomic E-state index is 8.38. The van der Waals surface area contributed by atoms with E-state index in [-0.39, 0.29) is 0 Å². The lowest BCUT2D eigenvalue weighted by atomic mass is 10.4. The zero-order valence-electron chi connectivity index (χ0n) is 6.01. The van der Waals surface area contributed by atoms with Gasteiger partial charge >= 0.3 is 0 Å². The van der Waals surface area contributed by atoms with E-state index in [2.05, 4.69) is 10.5 Å². The fourth-order valence-electron chi connectivity index (χ4n) is 0.809. The van der Waals surface area contributed by atoms with Crippen LogP contribution in [-0.2, 0) is 6.54 Å². The molecule has 10 heavy (non-hydrogen) atoms. The van der Waals surface area contributed by atoms with E-state index in [0.29, 0.717) is 6.54 Å². The van der Waals surface area contributed by atoms with Crippen molar-refractivity contribution >= 4 is 11.3 Å². The second kappa shape index (κ2) is 3.09. The Bertz CT molecular complexity index is 222. The Balaban J connectivity index is 2.81. The minimum Gasteiger partial charge on any atom is -0.316 e. The highest BCUT2D eigenvalue weighted by molar-refractivity contribution is 7.11. The lowest BCUT2D eigenvalue weighted by Gasteiger charge is -1.92. The van der Waals surface area contributed by atoms with Gasteiger partial charge in [0, 0.05) is 4.88 Å². The number of thiazole rings is 1. The lowest BCUT2D eigenvalue weighted by molar-refractivity contribution is 0.162. The second-order valence-electron chi connectivity index (χ2n) is 2.08. The molecule has 4 heteroatoms. The molecule has 0 radical (unpaired) electrons. The predicted molar refractivity (Wildman–Crippen MR) is 40.2 cm³/mol. The van der Waals surface area contributed by atoms with E-state index in [1.54, 1.807) is 11.3 Å². The summed E-state index contributed by atoms with van der Waals surface area (Å²) >= 11 is 1.61. The van der Waals surface area contributed by atoms with Crippen LogP contribution in [0.1, 0.15) is 15.6 Å². The summed E-state index contributed by atoms with van der Waals surface area (Å²) in [6.07, 6.45) is 0. The van der Waals surface area contributed by atoms with Crippen molar-refractivity contribution in [2.45, 2.75) is 20.4 Å². The minimum absolute atomic E-state index is 0.497. The highest BCUT2D eigenvalue weighted by Gasteiger charge is 2.01. The molecule has 0 atom stereocenters. The third-order valence-corrected chi connectivity index (χ3v) is 2.31. The molecule has 0 unspecified atom stereocenters. The average molecular weight is 158 g/mol. The van der Waals surface area contributed by atoms with Crippen molar-refractivity contribution in [3.05, 3.63) is 15.6 Å². The Hall–Kier alpha value is -0.450. The summed E-state index contributed by atoms with van der Waals surface area (Å²) in [7, 11) is 0. The quantitative estimate of drug-likeness (QED) is 0.636. The summed E-state index contributed by atoms with van der Waals surface area (Å²) in [5.41, 5.74) is 3.11. The van der Waals surface area contributed by atoms with Crippen LogP contribution < -0.4 is 5.48 Å². The van der Waals surface area contributed by atoms with Gasteiger partial charge in [0.15, 0.2) is 0 Å². The summed E-state index contributed by atoms with van der Waals surface area (Å²) in [5, 5.41) is 9.43. The van der Waals surface area contributed by atoms with E-state index in [9.17, 15) is 0 Å². The van der Waals surface area contributed by atoms with Gasteiger partial charge < -0.3 is 5.21 Å². The van der Waals surface area contributed by atoms with Crippen LogP contribution >= 0.6 is 11.3 Å². The number of aryl methyl sites for hydroxylation is 2. The van der Waals surface area contributed by atoms with Gasteiger partial charge in [-0.25, -0.2) is 10.5 Å². The van der Waals surface area contributed by atoms with Crippen molar-refractivity contribution in [2.75, 3.05) is 0 Å². The molecule has 0 saturated heterocycles. The van der Waals surface area contributed by atoms with Crippen LogP contribution in [0.5, 0.6) is 0 Å². The third kappa shape index (κ3) is 1.53. The summed E-state index contributed by atoms with van der Waals surface area (Å²) < 4.78 is 0. The first-order valence-electron chi connectivity index (χ1n) is 3.04. The summed E-state index contributed by atoms with van der Waals surface area (Å²) in [4.78, 5) is 5.29. The number of rotatable bonds is 2. The first-order chi connectivity index (χ1) is 4.74. The van der Waals surface area contributed by atoms with Crippen LogP contribution in [-0.4, -0.2) is 10.2 Å². The lowest BCUT2D eigenvalue weighted by Crippen LogP contribution is -2.05. The molecule has 0 amide bonds. The van der Waals surface area contributed by atoms with Gasteiger partial charge in [-0.1, -0.05) is 0 Å². The topological polar surface area (TPSA) is 45.2 Å². The van der Waals surface area contributed by atoms with E-state index in [4.69, 9.17) is 5.21 Å². The fraction of sp³-hybridized carbons (Fsp3) is 0.500. The largest absolute Gasteiger partial charge is 0.316 e. The normalized spacial score (nSPS) is 10.3. The van der Waals surface area contributed by atoms with Crippen molar-refractivity contribution in [2.24, 2.45) is 0 Å². The third-order valence-electron chi connectivity index (χ3n) is 1.24. The van der Waals surface area contributed by atoms with Gasteiger partial charge in [0.2, 0.25) is 0 Å². The molecule has 1 heterocycles. The summed E-state index contributed by atoms with van der Waals surface area (Å²) in [5.74, 6) is 0. The number of hydroxylamine groups is 1. The maximum Gasteiger partial charge on any atom is 0.0900 e. The fourth-order valence-corrected chi connectivity index (χ4v) is 1.68. The number of hydrogen-bond acceptors (Lipinski definition) is 4. The maximum absolute atomic E-state index is 8.38. The molecule has 0 aliphatic rings. The summed E-state index contributed by atoms with van der Waals surface area (Å²) in [6.45, 7) is 4.39. The standard InChI is InChI=1S/C6H10N2OS/c1-4-6(3-7-9)10-5(2)8-4/h7,9H,3H2,1-2H3. The first kappa shape index (κ1) is 7.65. The average Bonchev–Trinajstić information content (AvgIpc) is 2.13. The van der Waals surface area contributed by atoms with Gasteiger partial charge in [-0.2, -0.15) is 0 Å². The molecule has 0 fully saturated rings. The van der Waals surface area contributed by atoms with Crippen LogP contribution in [0, 0.1) is 13.8 Å². The molecule has 0 saturated carbocycles. The van der Waals surface area contributed by atoms with E-state index in [1.807, 2.05) is 13.8 Å². The SMILES string of the molecule is Cc1nc(C)c(CNO)s1. The van der Waals surface area contributed by atoms with Gasteiger partial charge in [0.05, 0.1) is 17.2 Å². The summed E-state index contributed by atoms with van der Waals surface area (Å²) in [6, 6.07) is 0. The molecule has 1 aromatic heterocycles. The van der Waals surface area contributed by atoms with Crippen LogP contribution in [0.15, 0.2) is 0 Å². The van der Waals surface area contributed by atoms with E-state index in [0.717, 1.165) is 15.6 Å². The Kier molecular flexibility index (Phi) is 2.37. The zero-order chi connectivity index (χ0) is 7.56. The van der Waals surface area contributed by atoms with Gasteiger partial charge in [0.1, 0.15) is 0 Å². The molecule has 0 aliphatic heterocycles. The molecule has 0 aromatic carbocycles. The predicted octanol–water partition coefficient (Wildman–Crippen LogP) is 1.24. The number of aromatic nitrogens is 1. The molecule has 2 N–H and O–H groups in total. The van der Waals surface area contributed by atoms with Crippen molar-refractivity contribution in [1.82, 2.24) is 10.5 Å². The van der Waals surface area contributed by atoms with Crippen molar-refractivity contribution in [1.29, 1.82) is 0 Å². The van der Waals surface area contributed by atoms with Gasteiger partial charge in [-0.05, 0) is 13.8 Å². The molecular formula is C6H10N2OS. The first-order valence-corrected chi connectivity index (χ1v) is 3.85. The van der Waals surface area contributed by atoms with Crippen LogP contribution in [0.3, 0.4) is 0 Å². The van der Waals surface area contributed by atoms with Gasteiger partial charge in [-0.15, -0.1) is 11.3 Å². The van der Waals surface area contributed by atoms with Crippen LogP contribution in [0.4, 0.5) is 0 Å². The number of nitrogens with one attached hydrogen (secondary N) is 1. The Labute approximate surface area is 63.7 Å². The molecule has 0 aliphatic carbocycles. The molecule has 0 spiro atoms. The van der Waals surface area contributed by atoms with Crippen molar-refractivity contribution in [3.63, 3.8) is 0 Å². The molecule has 56 valence electrons. The monoisotopic (exact) mass is 158 g/mol. The van der Waals surface area contributed by atoms with Crippen molar-refractivity contribution in [3.8, 4) is 0 Å². The number of nitrogens with zero attached hydrogens (tertiary/aromatic N) is 1. The second-order valence-corrected chi connectivity index (χ2v) is 3.36. The highest BCUT2D eigenvalue weighted by Crippen LogP contribution is 2.15. The van der Waals surface area contributed by atoms with Crippen LogP contribution in [0.25, 0.3) is 0 Å². The molecule has 3 nitrogen and oxygen atoms in total.